The van der Waals surface area contributed by atoms with Gasteiger partial charge in [-0.15, -0.1) is 0 Å². The third kappa shape index (κ3) is 4.95. The minimum Gasteiger partial charge on any atom is -0.484 e. The molecule has 1 amide bonds. The molecule has 2 aromatic rings. The van der Waals surface area contributed by atoms with Gasteiger partial charge in [-0.1, -0.05) is 29.8 Å². The highest BCUT2D eigenvalue weighted by molar-refractivity contribution is 6.31. The summed E-state index contributed by atoms with van der Waals surface area (Å²) in [7, 11) is 0. The number of hydrogen-bond acceptors (Lipinski definition) is 5. The Kier molecular flexibility index (Phi) is 7.20. The van der Waals surface area contributed by atoms with Gasteiger partial charge in [-0.05, 0) is 74.9 Å². The highest BCUT2D eigenvalue weighted by atomic mass is 35.5. The Morgan fingerprint density at radius 1 is 1.00 bits per heavy atom. The predicted octanol–water partition coefficient (Wildman–Crippen LogP) is 6.10. The maximum Gasteiger partial charge on any atom is 0.262 e. The topological polar surface area (TPSA) is 75.7 Å². The lowest BCUT2D eigenvalue weighted by molar-refractivity contribution is -0.118. The molecule has 1 N–H and O–H groups in total. The number of nitrogens with zero attached hydrogens (tertiary/aromatic N) is 1. The molecule has 0 saturated heterocycles. The first kappa shape index (κ1) is 25.3. The second-order valence-electron chi connectivity index (χ2n) is 9.82. The minimum atomic E-state index is -0.388. The van der Waals surface area contributed by atoms with Crippen LogP contribution in [0.3, 0.4) is 0 Å². The van der Waals surface area contributed by atoms with E-state index in [9.17, 15) is 14.4 Å². The van der Waals surface area contributed by atoms with Gasteiger partial charge in [-0.2, -0.15) is 0 Å². The van der Waals surface area contributed by atoms with Gasteiger partial charge >= 0.3 is 0 Å². The van der Waals surface area contributed by atoms with Crippen LogP contribution in [0.4, 0.5) is 5.69 Å². The maximum atomic E-state index is 13.3. The molecule has 2 aliphatic carbocycles. The lowest BCUT2D eigenvalue weighted by atomic mass is 9.71. The fourth-order valence-electron chi connectivity index (χ4n) is 5.73. The zero-order valence-electron chi connectivity index (χ0n) is 21.2. The highest BCUT2D eigenvalue weighted by Crippen LogP contribution is 2.49. The van der Waals surface area contributed by atoms with Crippen molar-refractivity contribution in [1.82, 2.24) is 4.90 Å². The van der Waals surface area contributed by atoms with Crippen LogP contribution >= 0.6 is 11.6 Å². The van der Waals surface area contributed by atoms with Crippen LogP contribution in [0.15, 0.2) is 65.0 Å². The number of benzene rings is 2. The summed E-state index contributed by atoms with van der Waals surface area (Å²) >= 11 is 6.16. The number of amides is 1. The Morgan fingerprint density at radius 3 is 2.30 bits per heavy atom. The van der Waals surface area contributed by atoms with Crippen LogP contribution in [-0.4, -0.2) is 35.5 Å². The molecule has 1 aliphatic heterocycles. The van der Waals surface area contributed by atoms with E-state index in [4.69, 9.17) is 16.3 Å². The predicted molar refractivity (Wildman–Crippen MR) is 144 cm³/mol. The molecular formula is C30H31ClN2O4. The van der Waals surface area contributed by atoms with Crippen molar-refractivity contribution in [3.05, 3.63) is 81.2 Å². The number of ketones is 2. The Bertz CT molecular complexity index is 1300. The van der Waals surface area contributed by atoms with Crippen LogP contribution in [0.2, 0.25) is 5.02 Å². The third-order valence-corrected chi connectivity index (χ3v) is 7.83. The summed E-state index contributed by atoms with van der Waals surface area (Å²) in [6, 6.07) is 12.8. The maximum absolute atomic E-state index is 13.3. The van der Waals surface area contributed by atoms with Crippen LogP contribution in [0.1, 0.15) is 62.5 Å². The number of ether oxygens (including phenoxy) is 1. The molecule has 3 aliphatic rings. The number of carbonyl (C=O) groups excluding carboxylic acids is 3. The number of hydrogen-bond donors (Lipinski definition) is 1. The number of anilines is 1. The van der Waals surface area contributed by atoms with E-state index < -0.39 is 0 Å². The molecule has 37 heavy (non-hydrogen) atoms. The normalized spacial score (nSPS) is 18.1. The van der Waals surface area contributed by atoms with Gasteiger partial charge in [0.25, 0.3) is 5.91 Å². The van der Waals surface area contributed by atoms with Gasteiger partial charge in [0.15, 0.2) is 18.2 Å². The zero-order valence-corrected chi connectivity index (χ0v) is 22.0. The van der Waals surface area contributed by atoms with Crippen molar-refractivity contribution in [2.75, 3.05) is 18.5 Å². The molecule has 0 spiro atoms. The van der Waals surface area contributed by atoms with Crippen molar-refractivity contribution in [2.45, 2.75) is 58.3 Å². The molecule has 0 unspecified atom stereocenters. The molecule has 6 nitrogen and oxygen atoms in total. The largest absolute Gasteiger partial charge is 0.484 e. The van der Waals surface area contributed by atoms with E-state index in [1.807, 2.05) is 31.2 Å². The number of allylic oxidation sites excluding steroid dienone is 4. The van der Waals surface area contributed by atoms with Crippen LogP contribution in [0, 0.1) is 6.92 Å². The van der Waals surface area contributed by atoms with Gasteiger partial charge in [0, 0.05) is 58.6 Å². The van der Waals surface area contributed by atoms with E-state index in [2.05, 4.69) is 17.1 Å². The number of carbonyl (C=O) groups is 3. The number of halogens is 1. The van der Waals surface area contributed by atoms with Crippen LogP contribution in [-0.2, 0) is 14.4 Å². The lowest BCUT2D eigenvalue weighted by Gasteiger charge is -2.43. The molecule has 0 saturated carbocycles. The van der Waals surface area contributed by atoms with E-state index in [0.29, 0.717) is 29.3 Å². The van der Waals surface area contributed by atoms with Gasteiger partial charge in [-0.3, -0.25) is 14.4 Å². The van der Waals surface area contributed by atoms with E-state index in [1.165, 1.54) is 0 Å². The van der Waals surface area contributed by atoms with Gasteiger partial charge in [-0.25, -0.2) is 0 Å². The second-order valence-corrected chi connectivity index (χ2v) is 10.2. The van der Waals surface area contributed by atoms with Gasteiger partial charge in [0.2, 0.25) is 0 Å². The molecule has 0 fully saturated rings. The molecule has 0 radical (unpaired) electrons. The standard InChI is InChI=1S/C30H31ClN2O4/c1-3-33-23-9-5-11-25(34)29(23)28(30-24(33)10-6-12-26(30)35)19-7-4-8-21(15-19)37-17-27(36)32-20-14-13-18(2)22(31)16-20/h4,7-8,13-16,28H,3,5-6,9-12,17H2,1-2H3,(H,32,36). The fraction of sp³-hybridized carbons (Fsp3) is 0.367. The Balaban J connectivity index is 1.42. The Morgan fingerprint density at radius 2 is 1.68 bits per heavy atom. The minimum absolute atomic E-state index is 0.122. The van der Waals surface area contributed by atoms with Crippen molar-refractivity contribution in [1.29, 1.82) is 0 Å². The van der Waals surface area contributed by atoms with Crippen molar-refractivity contribution in [3.63, 3.8) is 0 Å². The van der Waals surface area contributed by atoms with Gasteiger partial charge in [0.05, 0.1) is 0 Å². The number of rotatable bonds is 6. The van der Waals surface area contributed by atoms with Crippen molar-refractivity contribution >= 4 is 34.8 Å². The third-order valence-electron chi connectivity index (χ3n) is 7.42. The summed E-state index contributed by atoms with van der Waals surface area (Å²) in [5.41, 5.74) is 6.04. The first-order valence-corrected chi connectivity index (χ1v) is 13.3. The molecule has 2 aromatic carbocycles. The Labute approximate surface area is 222 Å². The molecule has 7 heteroatoms. The number of nitrogens with one attached hydrogen (secondary N) is 1. The van der Waals surface area contributed by atoms with E-state index >= 15 is 0 Å². The first-order chi connectivity index (χ1) is 17.9. The summed E-state index contributed by atoms with van der Waals surface area (Å²) in [5.74, 6) is 0.0689. The van der Waals surface area contributed by atoms with Crippen molar-refractivity contribution in [3.8, 4) is 5.75 Å². The van der Waals surface area contributed by atoms with Crippen molar-refractivity contribution < 1.29 is 19.1 Å². The molecule has 1 heterocycles. The van der Waals surface area contributed by atoms with Crippen LogP contribution in [0.5, 0.6) is 5.75 Å². The summed E-state index contributed by atoms with van der Waals surface area (Å²) in [6.45, 7) is 4.55. The Hall–Kier alpha value is -3.38. The van der Waals surface area contributed by atoms with E-state index in [1.54, 1.807) is 18.2 Å². The molecule has 0 bridgehead atoms. The zero-order chi connectivity index (χ0) is 26.1. The summed E-state index contributed by atoms with van der Waals surface area (Å²) in [6.07, 6.45) is 4.36. The van der Waals surface area contributed by atoms with Crippen LogP contribution in [0.25, 0.3) is 0 Å². The average molecular weight is 519 g/mol. The molecular weight excluding hydrogens is 488 g/mol. The van der Waals surface area contributed by atoms with Crippen molar-refractivity contribution in [2.24, 2.45) is 0 Å². The van der Waals surface area contributed by atoms with E-state index in [0.717, 1.165) is 65.9 Å². The molecule has 192 valence electrons. The number of aryl methyl sites for hydroxylation is 1. The van der Waals surface area contributed by atoms with Crippen LogP contribution < -0.4 is 10.1 Å². The lowest BCUT2D eigenvalue weighted by Crippen LogP contribution is -2.39. The number of Topliss-reactive ketones (excluding diaryl/α,β-unsaturated/α-hetero) is 2. The fourth-order valence-corrected chi connectivity index (χ4v) is 5.91. The van der Waals surface area contributed by atoms with E-state index in [-0.39, 0.29) is 30.0 Å². The molecule has 0 aromatic heterocycles. The second kappa shape index (κ2) is 10.5. The monoisotopic (exact) mass is 518 g/mol. The molecule has 0 atom stereocenters. The van der Waals surface area contributed by atoms with Gasteiger partial charge < -0.3 is 15.0 Å². The molecule has 5 rings (SSSR count). The summed E-state index contributed by atoms with van der Waals surface area (Å²) in [4.78, 5) is 41.3. The highest BCUT2D eigenvalue weighted by Gasteiger charge is 2.42. The van der Waals surface area contributed by atoms with Gasteiger partial charge in [0.1, 0.15) is 5.75 Å². The smallest absolute Gasteiger partial charge is 0.262 e. The average Bonchev–Trinajstić information content (AvgIpc) is 2.89. The first-order valence-electron chi connectivity index (χ1n) is 13.0. The quantitative estimate of drug-likeness (QED) is 0.500. The SMILES string of the molecule is CCN1C2=C(C(=O)CCC2)C(c2cccc(OCC(=O)Nc3ccc(C)c(Cl)c3)c2)C2=C1CCCC2=O. The summed E-state index contributed by atoms with van der Waals surface area (Å²) < 4.78 is 5.84. The summed E-state index contributed by atoms with van der Waals surface area (Å²) in [5, 5.41) is 3.38.